The van der Waals surface area contributed by atoms with Gasteiger partial charge >= 0.3 is 5.97 Å². The van der Waals surface area contributed by atoms with E-state index in [4.69, 9.17) is 21.1 Å². The fourth-order valence-corrected chi connectivity index (χ4v) is 3.55. The van der Waals surface area contributed by atoms with Gasteiger partial charge in [0.25, 0.3) is 0 Å². The van der Waals surface area contributed by atoms with Gasteiger partial charge in [-0.1, -0.05) is 96.4 Å². The standard InChI is InChI=1S/C28H39ClO3/c1-4-5-6-7-8-9-10-11-12-21-31-25-17-13-23(14-18-25)24-15-19-26(20-16-24)32-28(30)27(29)22(2)3/h13-20,22,27H,4-12,21H2,1-3H3. The first-order valence-electron chi connectivity index (χ1n) is 12.2. The molecule has 0 aliphatic rings. The summed E-state index contributed by atoms with van der Waals surface area (Å²) in [7, 11) is 0. The van der Waals surface area contributed by atoms with Crippen LogP contribution in [0.25, 0.3) is 11.1 Å². The van der Waals surface area contributed by atoms with E-state index in [2.05, 4.69) is 19.1 Å². The first-order valence-corrected chi connectivity index (χ1v) is 12.6. The Morgan fingerprint density at radius 3 is 1.72 bits per heavy atom. The Morgan fingerprint density at radius 1 is 0.750 bits per heavy atom. The number of rotatable bonds is 15. The number of ether oxygens (including phenoxy) is 2. The molecule has 0 bridgehead atoms. The number of hydrogen-bond donors (Lipinski definition) is 0. The van der Waals surface area contributed by atoms with Gasteiger partial charge in [0.2, 0.25) is 0 Å². The summed E-state index contributed by atoms with van der Waals surface area (Å²) >= 11 is 6.06. The van der Waals surface area contributed by atoms with Crippen molar-refractivity contribution in [2.45, 2.75) is 83.9 Å². The molecule has 0 fully saturated rings. The predicted molar refractivity (Wildman–Crippen MR) is 135 cm³/mol. The predicted octanol–water partition coefficient (Wildman–Crippen LogP) is 8.43. The van der Waals surface area contributed by atoms with E-state index in [1.807, 2.05) is 38.1 Å². The molecule has 2 rings (SSSR count). The van der Waals surface area contributed by atoms with Gasteiger partial charge in [-0.15, -0.1) is 11.6 Å². The molecule has 0 radical (unpaired) electrons. The van der Waals surface area contributed by atoms with Crippen LogP contribution in [0.3, 0.4) is 0 Å². The van der Waals surface area contributed by atoms with Crippen molar-refractivity contribution >= 4 is 17.6 Å². The maximum absolute atomic E-state index is 12.0. The molecule has 3 nitrogen and oxygen atoms in total. The molecule has 0 spiro atoms. The Morgan fingerprint density at radius 2 is 1.22 bits per heavy atom. The van der Waals surface area contributed by atoms with Crippen LogP contribution in [0.1, 0.15) is 78.6 Å². The molecule has 32 heavy (non-hydrogen) atoms. The lowest BCUT2D eigenvalue weighted by Gasteiger charge is -2.12. The number of benzene rings is 2. The summed E-state index contributed by atoms with van der Waals surface area (Å²) < 4.78 is 11.2. The molecule has 4 heteroatoms. The molecule has 0 N–H and O–H groups in total. The van der Waals surface area contributed by atoms with Crippen molar-refractivity contribution in [3.05, 3.63) is 48.5 Å². The van der Waals surface area contributed by atoms with Crippen molar-refractivity contribution in [2.24, 2.45) is 5.92 Å². The van der Waals surface area contributed by atoms with Crippen LogP contribution in [0.4, 0.5) is 0 Å². The van der Waals surface area contributed by atoms with E-state index in [-0.39, 0.29) is 5.92 Å². The number of carbonyl (C=O) groups excluding carboxylic acids is 1. The number of unbranched alkanes of at least 4 members (excludes halogenated alkanes) is 8. The third-order valence-electron chi connectivity index (χ3n) is 5.59. The number of carbonyl (C=O) groups is 1. The fourth-order valence-electron chi connectivity index (χ4n) is 3.51. The third-order valence-corrected chi connectivity index (χ3v) is 6.27. The van der Waals surface area contributed by atoms with E-state index in [1.165, 1.54) is 51.4 Å². The minimum absolute atomic E-state index is 0.0319. The lowest BCUT2D eigenvalue weighted by Crippen LogP contribution is -2.25. The molecule has 176 valence electrons. The van der Waals surface area contributed by atoms with Crippen molar-refractivity contribution in [2.75, 3.05) is 6.61 Å². The van der Waals surface area contributed by atoms with Crippen LogP contribution in [0.5, 0.6) is 11.5 Å². The number of alkyl halides is 1. The lowest BCUT2D eigenvalue weighted by molar-refractivity contribution is -0.134. The molecule has 0 amide bonds. The smallest absolute Gasteiger partial charge is 0.329 e. The Balaban J connectivity index is 1.69. The summed E-state index contributed by atoms with van der Waals surface area (Å²) in [5.74, 6) is 1.03. The van der Waals surface area contributed by atoms with E-state index in [1.54, 1.807) is 12.1 Å². The van der Waals surface area contributed by atoms with E-state index in [9.17, 15) is 4.79 Å². The van der Waals surface area contributed by atoms with Crippen LogP contribution in [0.15, 0.2) is 48.5 Å². The van der Waals surface area contributed by atoms with Gasteiger partial charge in [-0.3, -0.25) is 4.79 Å². The summed E-state index contributed by atoms with van der Waals surface area (Å²) in [6, 6.07) is 15.6. The van der Waals surface area contributed by atoms with Crippen LogP contribution in [-0.2, 0) is 4.79 Å². The summed E-state index contributed by atoms with van der Waals surface area (Å²) in [6.45, 7) is 6.82. The molecule has 1 unspecified atom stereocenters. The highest BCUT2D eigenvalue weighted by Gasteiger charge is 2.21. The molecular formula is C28H39ClO3. The maximum Gasteiger partial charge on any atom is 0.329 e. The van der Waals surface area contributed by atoms with Gasteiger partial charge in [0.15, 0.2) is 0 Å². The van der Waals surface area contributed by atoms with Gasteiger partial charge in [-0.2, -0.15) is 0 Å². The molecule has 1 atom stereocenters. The second-order valence-corrected chi connectivity index (χ2v) is 9.26. The first-order chi connectivity index (χ1) is 15.5. The van der Waals surface area contributed by atoms with Crippen LogP contribution in [0.2, 0.25) is 0 Å². The van der Waals surface area contributed by atoms with Gasteiger partial charge < -0.3 is 9.47 Å². The van der Waals surface area contributed by atoms with Crippen LogP contribution < -0.4 is 9.47 Å². The first kappa shape index (κ1) is 26.3. The Bertz CT molecular complexity index is 768. The molecule has 2 aromatic rings. The van der Waals surface area contributed by atoms with E-state index >= 15 is 0 Å². The van der Waals surface area contributed by atoms with E-state index in [0.29, 0.717) is 5.75 Å². The van der Waals surface area contributed by atoms with Crippen molar-refractivity contribution in [1.29, 1.82) is 0 Å². The molecule has 0 aliphatic carbocycles. The quantitative estimate of drug-likeness (QED) is 0.116. The summed E-state index contributed by atoms with van der Waals surface area (Å²) in [5, 5.41) is -0.641. The Hall–Kier alpha value is -2.00. The fraction of sp³-hybridized carbons (Fsp3) is 0.536. The van der Waals surface area contributed by atoms with Gasteiger partial charge in [-0.25, -0.2) is 0 Å². The van der Waals surface area contributed by atoms with Gasteiger partial charge in [-0.05, 0) is 47.7 Å². The molecule has 0 heterocycles. The highest BCUT2D eigenvalue weighted by Crippen LogP contribution is 2.25. The highest BCUT2D eigenvalue weighted by molar-refractivity contribution is 6.30. The molecular weight excluding hydrogens is 420 g/mol. The topological polar surface area (TPSA) is 35.5 Å². The van der Waals surface area contributed by atoms with Crippen LogP contribution in [0, 0.1) is 5.92 Å². The number of esters is 1. The Labute approximate surface area is 199 Å². The zero-order valence-corrected chi connectivity index (χ0v) is 20.7. The third kappa shape index (κ3) is 9.65. The summed E-state index contributed by atoms with van der Waals surface area (Å²) in [4.78, 5) is 12.0. The average molecular weight is 459 g/mol. The minimum Gasteiger partial charge on any atom is -0.494 e. The summed E-state index contributed by atoms with van der Waals surface area (Å²) in [6.07, 6.45) is 11.8. The zero-order valence-electron chi connectivity index (χ0n) is 19.9. The van der Waals surface area contributed by atoms with Crippen molar-refractivity contribution in [3.8, 4) is 22.6 Å². The van der Waals surface area contributed by atoms with Crippen LogP contribution in [-0.4, -0.2) is 18.0 Å². The van der Waals surface area contributed by atoms with Gasteiger partial charge in [0, 0.05) is 0 Å². The number of hydrogen-bond acceptors (Lipinski definition) is 3. The van der Waals surface area contributed by atoms with Crippen molar-refractivity contribution in [1.82, 2.24) is 0 Å². The molecule has 2 aromatic carbocycles. The largest absolute Gasteiger partial charge is 0.494 e. The summed E-state index contributed by atoms with van der Waals surface area (Å²) in [5.41, 5.74) is 2.15. The van der Waals surface area contributed by atoms with Crippen LogP contribution >= 0.6 is 11.6 Å². The molecule has 0 aliphatic heterocycles. The average Bonchev–Trinajstić information content (AvgIpc) is 2.80. The number of halogens is 1. The second-order valence-electron chi connectivity index (χ2n) is 8.79. The van der Waals surface area contributed by atoms with Crippen molar-refractivity contribution < 1.29 is 14.3 Å². The minimum atomic E-state index is -0.641. The van der Waals surface area contributed by atoms with Gasteiger partial charge in [0.05, 0.1) is 6.61 Å². The van der Waals surface area contributed by atoms with Gasteiger partial charge in [0.1, 0.15) is 16.9 Å². The van der Waals surface area contributed by atoms with Crippen molar-refractivity contribution in [3.63, 3.8) is 0 Å². The zero-order chi connectivity index (χ0) is 23.2. The lowest BCUT2D eigenvalue weighted by atomic mass is 10.1. The Kier molecular flexibility index (Phi) is 12.3. The maximum atomic E-state index is 12.0. The monoisotopic (exact) mass is 458 g/mol. The normalized spacial score (nSPS) is 12.0. The second kappa shape index (κ2) is 14.9. The van der Waals surface area contributed by atoms with E-state index < -0.39 is 11.3 Å². The highest BCUT2D eigenvalue weighted by atomic mass is 35.5. The molecule has 0 aromatic heterocycles. The molecule has 0 saturated heterocycles. The molecule has 0 saturated carbocycles. The van der Waals surface area contributed by atoms with E-state index in [0.717, 1.165) is 29.9 Å². The SMILES string of the molecule is CCCCCCCCCCCOc1ccc(-c2ccc(OC(=O)C(Cl)C(C)C)cc2)cc1.